The highest BCUT2D eigenvalue weighted by molar-refractivity contribution is 7.93. The van der Waals surface area contributed by atoms with Crippen LogP contribution in [0.25, 0.3) is 0 Å². The van der Waals surface area contributed by atoms with Crippen LogP contribution in [0.1, 0.15) is 29.8 Å². The molecule has 0 bridgehead atoms. The van der Waals surface area contributed by atoms with E-state index in [4.69, 9.17) is 0 Å². The molecule has 0 saturated carbocycles. The minimum atomic E-state index is -3.75. The van der Waals surface area contributed by atoms with Crippen LogP contribution in [0.2, 0.25) is 0 Å². The summed E-state index contributed by atoms with van der Waals surface area (Å²) in [6, 6.07) is 15.1. The second kappa shape index (κ2) is 5.45. The molecule has 0 aliphatic carbocycles. The van der Waals surface area contributed by atoms with E-state index in [2.05, 4.69) is 0 Å². The first kappa shape index (κ1) is 15.4. The first-order chi connectivity index (χ1) is 9.76. The molecule has 0 spiro atoms. The van der Waals surface area contributed by atoms with Gasteiger partial charge >= 0.3 is 0 Å². The second-order valence-corrected chi connectivity index (χ2v) is 8.02. The van der Waals surface area contributed by atoms with Gasteiger partial charge in [0.05, 0.1) is 4.90 Å². The molecule has 2 aromatic rings. The second-order valence-electron chi connectivity index (χ2n) is 5.52. The summed E-state index contributed by atoms with van der Waals surface area (Å²) >= 11 is 0. The first-order valence-electron chi connectivity index (χ1n) is 6.68. The third-order valence-electron chi connectivity index (χ3n) is 3.59. The molecule has 110 valence electrons. The summed E-state index contributed by atoms with van der Waals surface area (Å²) in [6.45, 7) is 4.80. The average molecular weight is 302 g/mol. The lowest BCUT2D eigenvalue weighted by Gasteiger charge is -2.23. The molecule has 0 unspecified atom stereocenters. The van der Waals surface area contributed by atoms with Gasteiger partial charge in [-0.3, -0.25) is 4.79 Å². The Balaban J connectivity index is 2.47. The van der Waals surface area contributed by atoms with E-state index in [0.29, 0.717) is 5.56 Å². The van der Waals surface area contributed by atoms with Gasteiger partial charge in [-0.25, -0.2) is 8.42 Å². The lowest BCUT2D eigenvalue weighted by atomic mass is 10.0. The molecular formula is C17H18O3S. The molecule has 0 saturated heterocycles. The fourth-order valence-corrected chi connectivity index (χ4v) is 3.52. The molecule has 3 nitrogen and oxygen atoms in total. The number of carbonyl (C=O) groups excluding carboxylic acids is 1. The van der Waals surface area contributed by atoms with E-state index in [1.165, 1.54) is 13.8 Å². The molecule has 0 amide bonds. The smallest absolute Gasteiger partial charge is 0.190 e. The van der Waals surface area contributed by atoms with Crippen molar-refractivity contribution >= 4 is 15.6 Å². The van der Waals surface area contributed by atoms with E-state index in [0.717, 1.165) is 5.56 Å². The first-order valence-corrected chi connectivity index (χ1v) is 8.16. The highest BCUT2D eigenvalue weighted by Gasteiger charge is 2.42. The minimum absolute atomic E-state index is 0.169. The highest BCUT2D eigenvalue weighted by Crippen LogP contribution is 2.29. The summed E-state index contributed by atoms with van der Waals surface area (Å²) < 4.78 is 24.0. The molecule has 0 aliphatic rings. The predicted octanol–water partition coefficient (Wildman–Crippen LogP) is 3.43. The zero-order valence-corrected chi connectivity index (χ0v) is 13.1. The summed E-state index contributed by atoms with van der Waals surface area (Å²) in [4.78, 5) is 12.7. The number of benzene rings is 2. The Hall–Kier alpha value is -1.94. The van der Waals surface area contributed by atoms with E-state index >= 15 is 0 Å². The van der Waals surface area contributed by atoms with Crippen molar-refractivity contribution < 1.29 is 13.2 Å². The van der Waals surface area contributed by atoms with Crippen LogP contribution in [0.3, 0.4) is 0 Å². The molecule has 21 heavy (non-hydrogen) atoms. The zero-order chi connectivity index (χ0) is 15.7. The predicted molar refractivity (Wildman–Crippen MR) is 83.2 cm³/mol. The van der Waals surface area contributed by atoms with Crippen LogP contribution in [-0.2, 0) is 9.84 Å². The normalized spacial score (nSPS) is 12.1. The quantitative estimate of drug-likeness (QED) is 0.813. The van der Waals surface area contributed by atoms with Gasteiger partial charge in [-0.2, -0.15) is 0 Å². The highest BCUT2D eigenvalue weighted by atomic mass is 32.2. The van der Waals surface area contributed by atoms with E-state index < -0.39 is 20.4 Å². The molecule has 0 atom stereocenters. The van der Waals surface area contributed by atoms with Crippen LogP contribution in [0.15, 0.2) is 59.5 Å². The van der Waals surface area contributed by atoms with Crippen LogP contribution in [-0.4, -0.2) is 18.9 Å². The van der Waals surface area contributed by atoms with Gasteiger partial charge in [0.15, 0.2) is 15.6 Å². The maximum Gasteiger partial charge on any atom is 0.190 e. The van der Waals surface area contributed by atoms with Gasteiger partial charge in [0.1, 0.15) is 4.75 Å². The lowest BCUT2D eigenvalue weighted by Crippen LogP contribution is -2.40. The Kier molecular flexibility index (Phi) is 4.01. The van der Waals surface area contributed by atoms with Crippen molar-refractivity contribution in [1.82, 2.24) is 0 Å². The van der Waals surface area contributed by atoms with Crippen molar-refractivity contribution in [2.24, 2.45) is 0 Å². The number of sulfone groups is 1. The third kappa shape index (κ3) is 2.76. The van der Waals surface area contributed by atoms with Crippen LogP contribution in [0.4, 0.5) is 0 Å². The van der Waals surface area contributed by atoms with Gasteiger partial charge in [-0.05, 0) is 32.9 Å². The van der Waals surface area contributed by atoms with E-state index in [1.54, 1.807) is 54.6 Å². The van der Waals surface area contributed by atoms with Crippen LogP contribution in [0.5, 0.6) is 0 Å². The van der Waals surface area contributed by atoms with Gasteiger partial charge < -0.3 is 0 Å². The van der Waals surface area contributed by atoms with Crippen LogP contribution in [0, 0.1) is 6.92 Å². The summed E-state index contributed by atoms with van der Waals surface area (Å²) in [6.07, 6.45) is 0. The number of carbonyl (C=O) groups is 1. The van der Waals surface area contributed by atoms with Crippen molar-refractivity contribution in [3.05, 3.63) is 65.7 Å². The molecule has 0 fully saturated rings. The SMILES string of the molecule is Cc1ccc(S(=O)(=O)C(C)(C)C(=O)c2ccccc2)cc1. The molecule has 0 heterocycles. The fraction of sp³-hybridized carbons (Fsp3) is 0.235. The van der Waals surface area contributed by atoms with Crippen molar-refractivity contribution in [2.45, 2.75) is 30.4 Å². The minimum Gasteiger partial charge on any atom is -0.292 e. The molecular weight excluding hydrogens is 284 g/mol. The maximum atomic E-state index is 12.8. The van der Waals surface area contributed by atoms with Gasteiger partial charge in [0.2, 0.25) is 0 Å². The molecule has 2 aromatic carbocycles. The number of aryl methyl sites for hydroxylation is 1. The van der Waals surface area contributed by atoms with E-state index in [-0.39, 0.29) is 4.90 Å². The van der Waals surface area contributed by atoms with Crippen LogP contribution < -0.4 is 0 Å². The Bertz CT molecular complexity index is 742. The number of ketones is 1. The van der Waals surface area contributed by atoms with Crippen LogP contribution >= 0.6 is 0 Å². The molecule has 2 rings (SSSR count). The maximum absolute atomic E-state index is 12.8. The number of Topliss-reactive ketones (excluding diaryl/α,β-unsaturated/α-hetero) is 1. The number of rotatable bonds is 4. The lowest BCUT2D eigenvalue weighted by molar-refractivity contribution is 0.0953. The summed E-state index contributed by atoms with van der Waals surface area (Å²) in [5.74, 6) is -0.399. The standard InChI is InChI=1S/C17H18O3S/c1-13-9-11-15(12-10-13)21(19,20)17(2,3)16(18)14-7-5-4-6-8-14/h4-12H,1-3H3. The Morgan fingerprint density at radius 3 is 1.95 bits per heavy atom. The third-order valence-corrected chi connectivity index (χ3v) is 6.01. The molecule has 0 radical (unpaired) electrons. The summed E-state index contributed by atoms with van der Waals surface area (Å²) in [5.41, 5.74) is 1.37. The molecule has 4 heteroatoms. The van der Waals surface area contributed by atoms with Gasteiger partial charge in [-0.1, -0.05) is 48.0 Å². The van der Waals surface area contributed by atoms with Gasteiger partial charge in [-0.15, -0.1) is 0 Å². The topological polar surface area (TPSA) is 51.2 Å². The Morgan fingerprint density at radius 2 is 1.43 bits per heavy atom. The van der Waals surface area contributed by atoms with E-state index in [9.17, 15) is 13.2 Å². The van der Waals surface area contributed by atoms with Crippen molar-refractivity contribution in [2.75, 3.05) is 0 Å². The Morgan fingerprint density at radius 1 is 0.905 bits per heavy atom. The summed E-state index contributed by atoms with van der Waals surface area (Å²) in [5, 5.41) is 0. The molecule has 0 N–H and O–H groups in total. The Labute approximate surface area is 125 Å². The fourth-order valence-electron chi connectivity index (χ4n) is 2.07. The van der Waals surface area contributed by atoms with E-state index in [1.807, 2.05) is 6.92 Å². The van der Waals surface area contributed by atoms with Gasteiger partial charge in [0, 0.05) is 5.56 Å². The average Bonchev–Trinajstić information content (AvgIpc) is 2.47. The molecule has 0 aliphatic heterocycles. The number of hydrogen-bond acceptors (Lipinski definition) is 3. The van der Waals surface area contributed by atoms with Crippen molar-refractivity contribution in [3.63, 3.8) is 0 Å². The zero-order valence-electron chi connectivity index (χ0n) is 12.3. The van der Waals surface area contributed by atoms with Crippen molar-refractivity contribution in [1.29, 1.82) is 0 Å². The van der Waals surface area contributed by atoms with Gasteiger partial charge in [0.25, 0.3) is 0 Å². The largest absolute Gasteiger partial charge is 0.292 e. The monoisotopic (exact) mass is 302 g/mol. The molecule has 0 aromatic heterocycles. The van der Waals surface area contributed by atoms with Crippen molar-refractivity contribution in [3.8, 4) is 0 Å². The number of hydrogen-bond donors (Lipinski definition) is 0. The summed E-state index contributed by atoms with van der Waals surface area (Å²) in [7, 11) is -3.75.